The van der Waals surface area contributed by atoms with Crippen LogP contribution in [0.15, 0.2) is 103 Å². The number of allylic oxidation sites excluding steroid dienone is 1. The van der Waals surface area contributed by atoms with Crippen LogP contribution in [0.4, 0.5) is 5.69 Å². The number of phenolic OH excluding ortho intramolecular Hbond substituents is 1. The lowest BCUT2D eigenvalue weighted by molar-refractivity contribution is -0.125. The smallest absolute Gasteiger partial charge is 0.262 e. The van der Waals surface area contributed by atoms with E-state index in [4.69, 9.17) is 0 Å². The topological polar surface area (TPSA) is 96.4 Å². The molecule has 3 amide bonds. The minimum Gasteiger partial charge on any atom is -0.508 e. The molecule has 0 spiro atoms. The molecular weight excluding hydrogens is 723 g/mol. The number of hydrogen-bond donors (Lipinski definition) is 2. The van der Waals surface area contributed by atoms with Crippen LogP contribution in [-0.4, -0.2) is 95.9 Å². The van der Waals surface area contributed by atoms with Crippen LogP contribution in [0.5, 0.6) is 5.75 Å². The van der Waals surface area contributed by atoms with Gasteiger partial charge in [0.15, 0.2) is 0 Å². The van der Waals surface area contributed by atoms with Gasteiger partial charge in [0.1, 0.15) is 11.8 Å². The van der Waals surface area contributed by atoms with E-state index < -0.39 is 6.04 Å². The lowest BCUT2D eigenvalue weighted by Gasteiger charge is -2.39. The number of carbonyl (C=O) groups is 3. The minimum atomic E-state index is -0.792. The Morgan fingerprint density at radius 2 is 1.47 bits per heavy atom. The normalized spacial score (nSPS) is 23.2. The first kappa shape index (κ1) is 38.3. The third kappa shape index (κ3) is 7.82. The molecule has 5 aliphatic rings. The summed E-state index contributed by atoms with van der Waals surface area (Å²) in [6, 6.07) is 31.0. The number of nitrogens with zero attached hydrogens (tertiary/aromatic N) is 4. The molecule has 0 radical (unpaired) electrons. The number of fused-ring (bicyclic) bond motifs is 2. The Morgan fingerprint density at radius 1 is 0.707 bits per heavy atom. The lowest BCUT2D eigenvalue weighted by Crippen LogP contribution is -2.51. The van der Waals surface area contributed by atoms with E-state index in [1.165, 1.54) is 40.7 Å². The molecule has 9 nitrogen and oxygen atoms in total. The van der Waals surface area contributed by atoms with E-state index in [0.29, 0.717) is 47.3 Å². The number of carbonyl (C=O) groups excluding carboxylic acids is 3. The highest BCUT2D eigenvalue weighted by Crippen LogP contribution is 2.47. The fourth-order valence-electron chi connectivity index (χ4n) is 10.4. The van der Waals surface area contributed by atoms with E-state index in [1.807, 2.05) is 24.3 Å². The van der Waals surface area contributed by atoms with Crippen molar-refractivity contribution in [2.45, 2.75) is 69.2 Å². The van der Waals surface area contributed by atoms with Gasteiger partial charge in [-0.2, -0.15) is 0 Å². The van der Waals surface area contributed by atoms with Crippen LogP contribution in [0.2, 0.25) is 0 Å². The SMILES string of the molecule is C=C1CCC(N2C(=O)c3ccc(N4CCN(CC5CCN(CCCc6ccc([C@H]7c8ccc(O)cc8CC[C@H]7c7ccccc7)cc6)CC5)CC4)cc3C2=O)C(=O)N1. The summed E-state index contributed by atoms with van der Waals surface area (Å²) in [6.45, 7) is 12.1. The third-order valence-corrected chi connectivity index (χ3v) is 13.6. The van der Waals surface area contributed by atoms with E-state index in [2.05, 4.69) is 87.3 Å². The molecule has 9 rings (SSSR count). The zero-order valence-corrected chi connectivity index (χ0v) is 33.5. The number of benzene rings is 4. The van der Waals surface area contributed by atoms with E-state index in [0.717, 1.165) is 88.6 Å². The highest BCUT2D eigenvalue weighted by atomic mass is 16.3. The summed E-state index contributed by atoms with van der Waals surface area (Å²) in [5.74, 6) is 0.667. The molecule has 1 unspecified atom stereocenters. The molecule has 4 heterocycles. The van der Waals surface area contributed by atoms with Crippen molar-refractivity contribution in [2.75, 3.05) is 57.3 Å². The van der Waals surface area contributed by atoms with Crippen molar-refractivity contribution >= 4 is 23.4 Å². The number of piperidine rings is 2. The van der Waals surface area contributed by atoms with E-state index in [-0.39, 0.29) is 23.6 Å². The molecule has 4 aromatic carbocycles. The summed E-state index contributed by atoms with van der Waals surface area (Å²) < 4.78 is 0. The van der Waals surface area contributed by atoms with Gasteiger partial charge in [0.05, 0.1) is 11.1 Å². The van der Waals surface area contributed by atoms with Crippen molar-refractivity contribution in [2.24, 2.45) is 5.92 Å². The molecule has 4 aliphatic heterocycles. The highest BCUT2D eigenvalue weighted by molar-refractivity contribution is 6.23. The summed E-state index contributed by atoms with van der Waals surface area (Å²) in [5.41, 5.74) is 9.13. The molecule has 0 aromatic heterocycles. The quantitative estimate of drug-likeness (QED) is 0.166. The van der Waals surface area contributed by atoms with Gasteiger partial charge >= 0.3 is 0 Å². The van der Waals surface area contributed by atoms with Gasteiger partial charge in [-0.3, -0.25) is 24.2 Å². The molecule has 3 atom stereocenters. The number of hydrogen-bond acceptors (Lipinski definition) is 7. The van der Waals surface area contributed by atoms with Gasteiger partial charge in [-0.15, -0.1) is 0 Å². The van der Waals surface area contributed by atoms with Crippen LogP contribution in [-0.2, 0) is 17.6 Å². The first-order chi connectivity index (χ1) is 28.3. The molecule has 4 aromatic rings. The zero-order valence-electron chi connectivity index (χ0n) is 33.5. The van der Waals surface area contributed by atoms with E-state index >= 15 is 0 Å². The van der Waals surface area contributed by atoms with Gasteiger partial charge in [0.2, 0.25) is 5.91 Å². The van der Waals surface area contributed by atoms with Crippen LogP contribution < -0.4 is 10.2 Å². The number of imide groups is 1. The molecule has 0 saturated carbocycles. The van der Waals surface area contributed by atoms with Gasteiger partial charge in [-0.25, -0.2) is 0 Å². The van der Waals surface area contributed by atoms with Gasteiger partial charge in [0.25, 0.3) is 11.8 Å². The number of phenols is 1. The van der Waals surface area contributed by atoms with Crippen molar-refractivity contribution < 1.29 is 19.5 Å². The van der Waals surface area contributed by atoms with Crippen LogP contribution >= 0.6 is 0 Å². The van der Waals surface area contributed by atoms with Crippen molar-refractivity contribution in [3.8, 4) is 5.75 Å². The van der Waals surface area contributed by atoms with E-state index in [1.54, 1.807) is 6.07 Å². The number of likely N-dealkylation sites (tertiary alicyclic amines) is 1. The molecular formula is C49H55N5O4. The maximum atomic E-state index is 13.4. The molecule has 3 saturated heterocycles. The molecule has 9 heteroatoms. The highest BCUT2D eigenvalue weighted by Gasteiger charge is 2.44. The van der Waals surface area contributed by atoms with Gasteiger partial charge in [-0.05, 0) is 141 Å². The Labute approximate surface area is 342 Å². The summed E-state index contributed by atoms with van der Waals surface area (Å²) in [4.78, 5) is 47.9. The second kappa shape index (κ2) is 16.5. The summed E-state index contributed by atoms with van der Waals surface area (Å²) in [5, 5.41) is 12.9. The number of amides is 3. The van der Waals surface area contributed by atoms with Crippen LogP contribution in [0.1, 0.15) is 98.9 Å². The van der Waals surface area contributed by atoms with Gasteiger partial charge in [-0.1, -0.05) is 67.2 Å². The van der Waals surface area contributed by atoms with Crippen LogP contribution in [0, 0.1) is 5.92 Å². The third-order valence-electron chi connectivity index (χ3n) is 13.6. The maximum absolute atomic E-state index is 13.4. The van der Waals surface area contributed by atoms with Gasteiger partial charge in [0, 0.05) is 50.0 Å². The number of rotatable bonds is 10. The van der Waals surface area contributed by atoms with Gasteiger partial charge < -0.3 is 20.2 Å². The Balaban J connectivity index is 0.722. The van der Waals surface area contributed by atoms with Crippen LogP contribution in [0.25, 0.3) is 0 Å². The Morgan fingerprint density at radius 3 is 2.22 bits per heavy atom. The lowest BCUT2D eigenvalue weighted by atomic mass is 9.69. The number of aryl methyl sites for hydroxylation is 2. The number of anilines is 1. The predicted octanol–water partition coefficient (Wildman–Crippen LogP) is 7.11. The Kier molecular flexibility index (Phi) is 10.9. The number of nitrogens with one attached hydrogen (secondary N) is 1. The average Bonchev–Trinajstić information content (AvgIpc) is 3.49. The minimum absolute atomic E-state index is 0.281. The maximum Gasteiger partial charge on any atom is 0.262 e. The summed E-state index contributed by atoms with van der Waals surface area (Å²) >= 11 is 0. The summed E-state index contributed by atoms with van der Waals surface area (Å²) in [6.07, 6.45) is 7.75. The monoisotopic (exact) mass is 777 g/mol. The first-order valence-corrected chi connectivity index (χ1v) is 21.4. The molecule has 3 fully saturated rings. The van der Waals surface area contributed by atoms with Crippen molar-refractivity contribution in [1.82, 2.24) is 20.0 Å². The molecule has 1 aliphatic carbocycles. The van der Waals surface area contributed by atoms with E-state index in [9.17, 15) is 19.5 Å². The largest absolute Gasteiger partial charge is 0.508 e. The molecule has 300 valence electrons. The Bertz CT molecular complexity index is 2170. The molecule has 0 bridgehead atoms. The fourth-order valence-corrected chi connectivity index (χ4v) is 10.4. The second-order valence-electron chi connectivity index (χ2n) is 17.2. The number of aromatic hydroxyl groups is 1. The van der Waals surface area contributed by atoms with Crippen LogP contribution in [0.3, 0.4) is 0 Å². The second-order valence-corrected chi connectivity index (χ2v) is 17.2. The molecule has 2 N–H and O–H groups in total. The number of piperazine rings is 1. The predicted molar refractivity (Wildman–Crippen MR) is 227 cm³/mol. The zero-order chi connectivity index (χ0) is 39.8. The van der Waals surface area contributed by atoms with Crippen molar-refractivity contribution in [3.63, 3.8) is 0 Å². The first-order valence-electron chi connectivity index (χ1n) is 21.4. The summed E-state index contributed by atoms with van der Waals surface area (Å²) in [7, 11) is 0. The van der Waals surface area contributed by atoms with Crippen molar-refractivity contribution in [3.05, 3.63) is 142 Å². The standard InChI is InChI=1S/C49H55N5O4/c1-33-9-20-45(47(56)50-33)54-48(57)43-18-15-39(31-44(43)49(54)58)53-28-26-52(27-29-53)32-35-21-24-51(25-22-35)23-5-6-34-10-12-37(13-11-34)46-41(36-7-3-2-4-8-36)17-14-38-30-40(55)16-19-42(38)46/h2-4,7-8,10-13,15-16,18-19,30-31,35,41,45-46,55H,1,5-6,9,14,17,20-29,32H2,(H,50,56)/t41-,45?,46+/m0/s1. The average molecular weight is 778 g/mol. The molecule has 58 heavy (non-hydrogen) atoms. The fraction of sp³-hybridized carbons (Fsp3) is 0.408. The van der Waals surface area contributed by atoms with Crippen molar-refractivity contribution in [1.29, 1.82) is 0 Å². The Hall–Kier alpha value is -5.25.